The number of hydrogen-bond donors (Lipinski definition) is 1. The summed E-state index contributed by atoms with van der Waals surface area (Å²) in [5.41, 5.74) is 0.196. The number of nitrogens with one attached hydrogen (secondary N) is 1. The lowest BCUT2D eigenvalue weighted by Crippen LogP contribution is -2.42. The molecule has 230 valence electrons. The first-order valence-electron chi connectivity index (χ1n) is 15.3. The van der Waals surface area contributed by atoms with Gasteiger partial charge in [-0.05, 0) is 95.1 Å². The molecule has 0 fully saturated rings. The summed E-state index contributed by atoms with van der Waals surface area (Å²) in [6, 6.07) is -0.0518. The molecule has 2 amide bonds. The van der Waals surface area contributed by atoms with Gasteiger partial charge in [-0.25, -0.2) is 0 Å². The van der Waals surface area contributed by atoms with E-state index in [0.717, 1.165) is 44.1 Å². The summed E-state index contributed by atoms with van der Waals surface area (Å²) >= 11 is 1.53. The van der Waals surface area contributed by atoms with Crippen molar-refractivity contribution in [2.24, 2.45) is 23.7 Å². The van der Waals surface area contributed by atoms with Crippen LogP contribution in [0.5, 0.6) is 0 Å². The van der Waals surface area contributed by atoms with E-state index in [9.17, 15) is 14.4 Å². The van der Waals surface area contributed by atoms with Crippen molar-refractivity contribution in [3.05, 3.63) is 23.1 Å². The summed E-state index contributed by atoms with van der Waals surface area (Å²) < 4.78 is 5.63. The lowest BCUT2D eigenvalue weighted by Gasteiger charge is -2.32. The fraction of sp³-hybridized carbons (Fsp3) is 0.788. The summed E-state index contributed by atoms with van der Waals surface area (Å²) in [4.78, 5) is 41.2. The normalized spacial score (nSPS) is 19.1. The van der Waals surface area contributed by atoms with Crippen molar-refractivity contribution in [3.63, 3.8) is 0 Å². The van der Waals surface area contributed by atoms with Gasteiger partial charge in [0, 0.05) is 31.1 Å². The largest absolute Gasteiger partial charge is 0.460 e. The van der Waals surface area contributed by atoms with Gasteiger partial charge in [-0.1, -0.05) is 53.2 Å². The van der Waals surface area contributed by atoms with E-state index >= 15 is 0 Å². The maximum absolute atomic E-state index is 13.6. The average molecular weight is 579 g/mol. The highest BCUT2D eigenvalue weighted by Crippen LogP contribution is 2.27. The highest BCUT2D eigenvalue weighted by Gasteiger charge is 2.29. The van der Waals surface area contributed by atoms with E-state index in [2.05, 4.69) is 45.2 Å². The van der Waals surface area contributed by atoms with Gasteiger partial charge in [-0.15, -0.1) is 11.8 Å². The number of amides is 2. The number of hydrogen-bond acceptors (Lipinski definition) is 5. The van der Waals surface area contributed by atoms with E-state index < -0.39 is 5.60 Å². The molecule has 0 bridgehead atoms. The maximum atomic E-state index is 13.6. The lowest BCUT2D eigenvalue weighted by atomic mass is 9.85. The standard InChI is InChI=1S/C33H58N2O4S/c1-11-24(4)19-30(36)35(9)29(23(2)3)18-17-27(22-40-10)31(37)34-28(21-26-15-13-12-14-16-26)20-25(5)32(38)39-33(6,7)8/h12-13,22-26,28-29H,11,14-21H2,1-10H3,(H,34,37)/b27-22+. The minimum Gasteiger partial charge on any atom is -0.460 e. The number of carbonyl (C=O) groups is 3. The number of ether oxygens (including phenoxy) is 1. The van der Waals surface area contributed by atoms with Crippen LogP contribution in [0.4, 0.5) is 0 Å². The highest BCUT2D eigenvalue weighted by molar-refractivity contribution is 8.01. The Balaban J connectivity index is 2.99. The number of thioether (sulfide) groups is 1. The van der Waals surface area contributed by atoms with Crippen molar-refractivity contribution in [2.45, 2.75) is 131 Å². The molecule has 0 heterocycles. The lowest BCUT2D eigenvalue weighted by molar-refractivity contribution is -0.160. The van der Waals surface area contributed by atoms with Gasteiger partial charge in [0.2, 0.25) is 11.8 Å². The van der Waals surface area contributed by atoms with Gasteiger partial charge in [0.05, 0.1) is 5.92 Å². The van der Waals surface area contributed by atoms with Crippen LogP contribution in [0.1, 0.15) is 113 Å². The Labute approximate surface area is 249 Å². The van der Waals surface area contributed by atoms with Gasteiger partial charge in [-0.3, -0.25) is 14.4 Å². The number of nitrogens with zero attached hydrogens (tertiary/aromatic N) is 1. The molecule has 5 atom stereocenters. The molecule has 1 aliphatic carbocycles. The van der Waals surface area contributed by atoms with Gasteiger partial charge < -0.3 is 15.0 Å². The Morgan fingerprint density at radius 3 is 2.35 bits per heavy atom. The second-order valence-corrected chi connectivity index (χ2v) is 13.9. The SMILES string of the molecule is CCC(C)CC(=O)N(C)C(CC/C(=C\SC)C(=O)NC(CC1CC=CCC1)CC(C)C(=O)OC(C)(C)C)C(C)C. The van der Waals surface area contributed by atoms with Crippen LogP contribution in [-0.4, -0.2) is 53.7 Å². The van der Waals surface area contributed by atoms with E-state index in [1.807, 2.05) is 51.3 Å². The van der Waals surface area contributed by atoms with Gasteiger partial charge in [0.25, 0.3) is 0 Å². The van der Waals surface area contributed by atoms with Crippen molar-refractivity contribution in [1.29, 1.82) is 0 Å². The monoisotopic (exact) mass is 578 g/mol. The molecule has 0 saturated heterocycles. The number of allylic oxidation sites excluding steroid dienone is 2. The topological polar surface area (TPSA) is 75.7 Å². The van der Waals surface area contributed by atoms with Crippen LogP contribution in [0, 0.1) is 23.7 Å². The molecule has 5 unspecified atom stereocenters. The minimum atomic E-state index is -0.539. The van der Waals surface area contributed by atoms with Crippen molar-refractivity contribution in [3.8, 4) is 0 Å². The molecule has 6 nitrogen and oxygen atoms in total. The molecule has 40 heavy (non-hydrogen) atoms. The predicted molar refractivity (Wildman–Crippen MR) is 169 cm³/mol. The molecule has 0 spiro atoms. The molecule has 0 radical (unpaired) electrons. The maximum Gasteiger partial charge on any atom is 0.309 e. The van der Waals surface area contributed by atoms with Gasteiger partial charge in [0.15, 0.2) is 0 Å². The van der Waals surface area contributed by atoms with Crippen LogP contribution in [-0.2, 0) is 19.1 Å². The zero-order chi connectivity index (χ0) is 30.5. The van der Waals surface area contributed by atoms with Crippen LogP contribution >= 0.6 is 11.8 Å². The second kappa shape index (κ2) is 17.9. The number of esters is 1. The zero-order valence-electron chi connectivity index (χ0n) is 27.0. The molecule has 1 rings (SSSR count). The minimum absolute atomic E-state index is 0.0617. The number of carbonyl (C=O) groups excluding carboxylic acids is 3. The molecule has 0 aromatic rings. The van der Waals surface area contributed by atoms with Crippen LogP contribution in [0.15, 0.2) is 23.1 Å². The summed E-state index contributed by atoms with van der Waals surface area (Å²) in [5, 5.41) is 5.24. The molecule has 0 aliphatic heterocycles. The fourth-order valence-corrected chi connectivity index (χ4v) is 5.82. The first-order chi connectivity index (χ1) is 18.7. The fourth-order valence-electron chi connectivity index (χ4n) is 5.31. The Bertz CT molecular complexity index is 861. The second-order valence-electron chi connectivity index (χ2n) is 13.2. The zero-order valence-corrected chi connectivity index (χ0v) is 27.9. The van der Waals surface area contributed by atoms with Crippen molar-refractivity contribution in [1.82, 2.24) is 10.2 Å². The highest BCUT2D eigenvalue weighted by atomic mass is 32.2. The molecule has 1 aliphatic rings. The first-order valence-corrected chi connectivity index (χ1v) is 16.6. The van der Waals surface area contributed by atoms with E-state index in [4.69, 9.17) is 4.74 Å². The summed E-state index contributed by atoms with van der Waals surface area (Å²) in [5.74, 6) is 0.701. The van der Waals surface area contributed by atoms with E-state index in [1.165, 1.54) is 11.8 Å². The Morgan fingerprint density at radius 2 is 1.82 bits per heavy atom. The van der Waals surface area contributed by atoms with Gasteiger partial charge >= 0.3 is 5.97 Å². The van der Waals surface area contributed by atoms with Gasteiger partial charge in [-0.2, -0.15) is 0 Å². The van der Waals surface area contributed by atoms with Crippen LogP contribution in [0.2, 0.25) is 0 Å². The quantitative estimate of drug-likeness (QED) is 0.116. The molecular weight excluding hydrogens is 520 g/mol. The van der Waals surface area contributed by atoms with Crippen LogP contribution < -0.4 is 5.32 Å². The molecular formula is C33H58N2O4S. The van der Waals surface area contributed by atoms with Crippen molar-refractivity contribution < 1.29 is 19.1 Å². The smallest absolute Gasteiger partial charge is 0.309 e. The summed E-state index contributed by atoms with van der Waals surface area (Å²) in [7, 11) is 1.90. The van der Waals surface area contributed by atoms with E-state index in [1.54, 1.807) is 0 Å². The Morgan fingerprint density at radius 1 is 1.15 bits per heavy atom. The third-order valence-electron chi connectivity index (χ3n) is 7.92. The van der Waals surface area contributed by atoms with Crippen molar-refractivity contribution >= 4 is 29.5 Å². The Kier molecular flexibility index (Phi) is 16.2. The molecule has 0 aromatic carbocycles. The van der Waals surface area contributed by atoms with E-state index in [-0.39, 0.29) is 41.7 Å². The first kappa shape index (κ1) is 36.3. The molecule has 7 heteroatoms. The van der Waals surface area contributed by atoms with Gasteiger partial charge in [0.1, 0.15) is 5.60 Å². The average Bonchev–Trinajstić information content (AvgIpc) is 2.87. The third-order valence-corrected chi connectivity index (χ3v) is 8.44. The number of rotatable bonds is 16. The summed E-state index contributed by atoms with van der Waals surface area (Å²) in [6.07, 6.45) is 13.8. The predicted octanol–water partition coefficient (Wildman–Crippen LogP) is 7.53. The summed E-state index contributed by atoms with van der Waals surface area (Å²) in [6.45, 7) is 16.0. The van der Waals surface area contributed by atoms with Crippen molar-refractivity contribution in [2.75, 3.05) is 13.3 Å². The van der Waals surface area contributed by atoms with E-state index in [0.29, 0.717) is 31.1 Å². The Hall–Kier alpha value is -1.76. The van der Waals surface area contributed by atoms with Crippen LogP contribution in [0.25, 0.3) is 0 Å². The molecule has 0 aromatic heterocycles. The third kappa shape index (κ3) is 13.7. The molecule has 1 N–H and O–H groups in total. The molecule has 0 saturated carbocycles. The van der Waals surface area contributed by atoms with Crippen LogP contribution in [0.3, 0.4) is 0 Å².